The van der Waals surface area contributed by atoms with Crippen LogP contribution in [0.4, 0.5) is 0 Å². The van der Waals surface area contributed by atoms with Crippen LogP contribution < -0.4 is 5.32 Å². The van der Waals surface area contributed by atoms with E-state index in [2.05, 4.69) is 5.32 Å². The molecule has 6 nitrogen and oxygen atoms in total. The number of rotatable bonds is 6. The van der Waals surface area contributed by atoms with Crippen LogP contribution in [0.25, 0.3) is 10.8 Å². The molecule has 27 heavy (non-hydrogen) atoms. The number of sulfonamides is 1. The Labute approximate surface area is 160 Å². The molecule has 2 atom stereocenters. The van der Waals surface area contributed by atoms with E-state index in [0.717, 1.165) is 10.8 Å². The van der Waals surface area contributed by atoms with Crippen molar-refractivity contribution < 1.29 is 17.9 Å². The highest BCUT2D eigenvalue weighted by atomic mass is 32.2. The summed E-state index contributed by atoms with van der Waals surface area (Å²) in [4.78, 5) is 12.8. The number of nitrogens with zero attached hydrogens (tertiary/aromatic N) is 1. The quantitative estimate of drug-likeness (QED) is 0.822. The smallest absolute Gasteiger partial charge is 0.243 e. The Hall–Kier alpha value is -1.96. The van der Waals surface area contributed by atoms with E-state index in [4.69, 9.17) is 4.74 Å². The fourth-order valence-electron chi connectivity index (χ4n) is 3.50. The molecule has 1 aliphatic rings. The molecule has 0 aliphatic carbocycles. The van der Waals surface area contributed by atoms with Crippen LogP contribution >= 0.6 is 0 Å². The minimum Gasteiger partial charge on any atom is -0.383 e. The summed E-state index contributed by atoms with van der Waals surface area (Å²) in [6.45, 7) is 2.94. The molecule has 2 aromatic carbocycles. The predicted octanol–water partition coefficient (Wildman–Crippen LogP) is 2.39. The third kappa shape index (κ3) is 4.48. The van der Waals surface area contributed by atoms with Gasteiger partial charge in [0.25, 0.3) is 0 Å². The van der Waals surface area contributed by atoms with Gasteiger partial charge >= 0.3 is 0 Å². The first-order valence-electron chi connectivity index (χ1n) is 9.20. The number of benzene rings is 2. The van der Waals surface area contributed by atoms with Crippen molar-refractivity contribution in [1.82, 2.24) is 9.62 Å². The van der Waals surface area contributed by atoms with E-state index < -0.39 is 10.0 Å². The maximum atomic E-state index is 13.1. The minimum absolute atomic E-state index is 0.102. The standard InChI is InChI=1S/C20H26N2O4S/c1-15(14-26-2)21-20(23)18-8-5-11-22(13-18)27(24,25)19-10-9-16-6-3-4-7-17(16)12-19/h3-4,6-7,9-10,12,15,18H,5,8,11,13-14H2,1-2H3,(H,21,23)/t15-,18+/m0/s1. The number of methoxy groups -OCH3 is 1. The zero-order valence-electron chi connectivity index (χ0n) is 15.7. The molecule has 1 fully saturated rings. The van der Waals surface area contributed by atoms with Crippen LogP contribution in [-0.2, 0) is 19.6 Å². The van der Waals surface area contributed by atoms with Gasteiger partial charge in [-0.3, -0.25) is 4.79 Å². The molecule has 7 heteroatoms. The van der Waals surface area contributed by atoms with Crippen molar-refractivity contribution in [3.05, 3.63) is 42.5 Å². The lowest BCUT2D eigenvalue weighted by atomic mass is 9.98. The largest absolute Gasteiger partial charge is 0.383 e. The van der Waals surface area contributed by atoms with E-state index >= 15 is 0 Å². The van der Waals surface area contributed by atoms with Crippen LogP contribution in [0.5, 0.6) is 0 Å². The molecule has 0 aromatic heterocycles. The number of ether oxygens (including phenoxy) is 1. The van der Waals surface area contributed by atoms with Gasteiger partial charge in [0.1, 0.15) is 0 Å². The van der Waals surface area contributed by atoms with Crippen molar-refractivity contribution in [2.75, 3.05) is 26.8 Å². The van der Waals surface area contributed by atoms with Gasteiger partial charge in [0.15, 0.2) is 0 Å². The lowest BCUT2D eigenvalue weighted by Gasteiger charge is -2.31. The molecule has 1 aliphatic heterocycles. The Kier molecular flexibility index (Phi) is 6.14. The molecule has 0 radical (unpaired) electrons. The number of hydrogen-bond donors (Lipinski definition) is 1. The summed E-state index contributed by atoms with van der Waals surface area (Å²) < 4.78 is 32.7. The third-order valence-corrected chi connectivity index (χ3v) is 6.78. The van der Waals surface area contributed by atoms with Gasteiger partial charge in [-0.1, -0.05) is 30.3 Å². The molecule has 1 amide bonds. The van der Waals surface area contributed by atoms with Gasteiger partial charge < -0.3 is 10.1 Å². The van der Waals surface area contributed by atoms with Gasteiger partial charge in [-0.15, -0.1) is 0 Å². The van der Waals surface area contributed by atoms with Crippen LogP contribution in [0.3, 0.4) is 0 Å². The lowest BCUT2D eigenvalue weighted by Crippen LogP contribution is -2.47. The van der Waals surface area contributed by atoms with Crippen LogP contribution in [0, 0.1) is 5.92 Å². The summed E-state index contributed by atoms with van der Waals surface area (Å²) in [6, 6.07) is 12.7. The second-order valence-electron chi connectivity index (χ2n) is 7.08. The molecule has 0 spiro atoms. The molecule has 0 unspecified atom stereocenters. The van der Waals surface area contributed by atoms with Crippen molar-refractivity contribution >= 4 is 26.7 Å². The van der Waals surface area contributed by atoms with Crippen molar-refractivity contribution in [1.29, 1.82) is 0 Å². The average Bonchev–Trinajstić information content (AvgIpc) is 2.67. The van der Waals surface area contributed by atoms with E-state index in [-0.39, 0.29) is 29.3 Å². The molecular weight excluding hydrogens is 364 g/mol. The SMILES string of the molecule is COC[C@H](C)NC(=O)[C@@H]1CCCN(S(=O)(=O)c2ccc3ccccc3c2)C1. The normalized spacial score (nSPS) is 19.7. The van der Waals surface area contributed by atoms with Gasteiger partial charge in [-0.25, -0.2) is 8.42 Å². The first kappa shape index (κ1) is 19.8. The number of carbonyl (C=O) groups is 1. The van der Waals surface area contributed by atoms with E-state index in [1.807, 2.05) is 37.3 Å². The van der Waals surface area contributed by atoms with E-state index in [0.29, 0.717) is 26.0 Å². The fourth-order valence-corrected chi connectivity index (χ4v) is 5.06. The zero-order valence-corrected chi connectivity index (χ0v) is 16.5. The minimum atomic E-state index is -3.63. The molecule has 1 N–H and O–H groups in total. The molecule has 0 saturated carbocycles. The molecule has 1 heterocycles. The van der Waals surface area contributed by atoms with Crippen LogP contribution in [-0.4, -0.2) is 51.5 Å². The molecule has 3 rings (SSSR count). The molecule has 0 bridgehead atoms. The van der Waals surface area contributed by atoms with Crippen LogP contribution in [0.1, 0.15) is 19.8 Å². The maximum Gasteiger partial charge on any atom is 0.243 e. The van der Waals surface area contributed by atoms with Gasteiger partial charge in [-0.2, -0.15) is 4.31 Å². The van der Waals surface area contributed by atoms with E-state index in [1.54, 1.807) is 19.2 Å². The topological polar surface area (TPSA) is 75.7 Å². The van der Waals surface area contributed by atoms with Gasteiger partial charge in [-0.05, 0) is 42.7 Å². The summed E-state index contributed by atoms with van der Waals surface area (Å²) in [5, 5.41) is 4.79. The number of amides is 1. The molecule has 146 valence electrons. The highest BCUT2D eigenvalue weighted by Crippen LogP contribution is 2.26. The lowest BCUT2D eigenvalue weighted by molar-refractivity contribution is -0.127. The maximum absolute atomic E-state index is 13.1. The van der Waals surface area contributed by atoms with E-state index in [1.165, 1.54) is 4.31 Å². The Bertz CT molecular complexity index is 913. The summed E-state index contributed by atoms with van der Waals surface area (Å²) in [6.07, 6.45) is 1.36. The highest BCUT2D eigenvalue weighted by molar-refractivity contribution is 7.89. The van der Waals surface area contributed by atoms with Crippen LogP contribution in [0.15, 0.2) is 47.4 Å². The number of nitrogens with one attached hydrogen (secondary N) is 1. The van der Waals surface area contributed by atoms with Crippen molar-refractivity contribution in [3.63, 3.8) is 0 Å². The van der Waals surface area contributed by atoms with Gasteiger partial charge in [0, 0.05) is 26.2 Å². The predicted molar refractivity (Wildman–Crippen MR) is 105 cm³/mol. The second kappa shape index (κ2) is 8.37. The van der Waals surface area contributed by atoms with Crippen LogP contribution in [0.2, 0.25) is 0 Å². The molecule has 2 aromatic rings. The number of carbonyl (C=O) groups excluding carboxylic acids is 1. The Morgan fingerprint density at radius 1 is 1.26 bits per heavy atom. The summed E-state index contributed by atoms with van der Waals surface area (Å²) in [5.41, 5.74) is 0. The number of fused-ring (bicyclic) bond motifs is 1. The highest BCUT2D eigenvalue weighted by Gasteiger charge is 2.33. The van der Waals surface area contributed by atoms with Crippen molar-refractivity contribution in [2.45, 2.75) is 30.7 Å². The molecular formula is C20H26N2O4S. The first-order valence-corrected chi connectivity index (χ1v) is 10.6. The second-order valence-corrected chi connectivity index (χ2v) is 9.01. The summed E-state index contributed by atoms with van der Waals surface area (Å²) >= 11 is 0. The summed E-state index contributed by atoms with van der Waals surface area (Å²) in [7, 11) is -2.05. The fraction of sp³-hybridized carbons (Fsp3) is 0.450. The molecule has 1 saturated heterocycles. The van der Waals surface area contributed by atoms with Gasteiger partial charge in [0.2, 0.25) is 15.9 Å². The monoisotopic (exact) mass is 390 g/mol. The third-order valence-electron chi connectivity index (χ3n) is 4.92. The number of piperidine rings is 1. The van der Waals surface area contributed by atoms with Gasteiger partial charge in [0.05, 0.1) is 17.4 Å². The zero-order chi connectivity index (χ0) is 19.4. The van der Waals surface area contributed by atoms with Crippen molar-refractivity contribution in [2.24, 2.45) is 5.92 Å². The average molecular weight is 391 g/mol. The number of hydrogen-bond acceptors (Lipinski definition) is 4. The first-order chi connectivity index (χ1) is 12.9. The Morgan fingerprint density at radius 2 is 2.00 bits per heavy atom. The van der Waals surface area contributed by atoms with Crippen molar-refractivity contribution in [3.8, 4) is 0 Å². The Morgan fingerprint density at radius 3 is 2.74 bits per heavy atom. The Balaban J connectivity index is 1.76. The summed E-state index contributed by atoms with van der Waals surface area (Å²) in [5.74, 6) is -0.453. The van der Waals surface area contributed by atoms with E-state index in [9.17, 15) is 13.2 Å².